The first kappa shape index (κ1) is 14.5. The molecule has 0 amide bonds. The van der Waals surface area contributed by atoms with Gasteiger partial charge in [0.2, 0.25) is 0 Å². The fraction of sp³-hybridized carbons (Fsp3) is 0.733. The summed E-state index contributed by atoms with van der Waals surface area (Å²) in [5.41, 5.74) is 1.52. The minimum absolute atomic E-state index is 0.281. The van der Waals surface area contributed by atoms with E-state index < -0.39 is 0 Å². The molecule has 0 aromatic carbocycles. The molecule has 2 unspecified atom stereocenters. The van der Waals surface area contributed by atoms with Crippen LogP contribution < -0.4 is 0 Å². The predicted octanol–water partition coefficient (Wildman–Crippen LogP) is 1.35. The summed E-state index contributed by atoms with van der Waals surface area (Å²) in [4.78, 5) is 14.5. The topological polar surface area (TPSA) is 56.6 Å². The van der Waals surface area contributed by atoms with Crippen LogP contribution in [0.2, 0.25) is 0 Å². The van der Waals surface area contributed by atoms with Crippen LogP contribution in [0.5, 0.6) is 0 Å². The number of ether oxygens (including phenoxy) is 2. The first-order valence-corrected chi connectivity index (χ1v) is 7.74. The van der Waals surface area contributed by atoms with Gasteiger partial charge < -0.3 is 9.47 Å². The van der Waals surface area contributed by atoms with Gasteiger partial charge in [-0.3, -0.25) is 9.58 Å². The van der Waals surface area contributed by atoms with E-state index in [1.54, 1.807) is 10.9 Å². The Hall–Kier alpha value is -1.40. The Morgan fingerprint density at radius 2 is 2.38 bits per heavy atom. The van der Waals surface area contributed by atoms with Crippen LogP contribution in [0.3, 0.4) is 0 Å². The van der Waals surface area contributed by atoms with Crippen molar-refractivity contribution in [1.82, 2.24) is 14.7 Å². The molecule has 3 rings (SSSR count). The largest absolute Gasteiger partial charge is 0.462 e. The lowest BCUT2D eigenvalue weighted by Crippen LogP contribution is -2.48. The minimum atomic E-state index is -0.281. The lowest BCUT2D eigenvalue weighted by molar-refractivity contribution is -0.0595. The molecule has 0 N–H and O–H groups in total. The van der Waals surface area contributed by atoms with Gasteiger partial charge in [0.25, 0.3) is 0 Å². The maximum Gasteiger partial charge on any atom is 0.341 e. The van der Waals surface area contributed by atoms with E-state index in [4.69, 9.17) is 9.47 Å². The van der Waals surface area contributed by atoms with Gasteiger partial charge in [-0.2, -0.15) is 5.10 Å². The molecule has 1 aliphatic heterocycles. The molecule has 2 fully saturated rings. The number of carbonyl (C=O) groups excluding carboxylic acids is 1. The van der Waals surface area contributed by atoms with E-state index in [1.807, 2.05) is 14.0 Å². The Bertz CT molecular complexity index is 514. The molecule has 2 aliphatic rings. The van der Waals surface area contributed by atoms with Crippen LogP contribution in [-0.4, -0.2) is 52.6 Å². The molecule has 1 aromatic rings. The Morgan fingerprint density at radius 1 is 1.52 bits per heavy atom. The summed E-state index contributed by atoms with van der Waals surface area (Å²) in [5.74, 6) is -0.281. The average Bonchev–Trinajstić information content (AvgIpc) is 3.07. The van der Waals surface area contributed by atoms with E-state index in [-0.39, 0.29) is 5.97 Å². The zero-order valence-electron chi connectivity index (χ0n) is 12.7. The maximum atomic E-state index is 12.0. The number of hydrogen-bond acceptors (Lipinski definition) is 5. The second-order valence-corrected chi connectivity index (χ2v) is 5.73. The summed E-state index contributed by atoms with van der Waals surface area (Å²) in [6.45, 7) is 4.62. The van der Waals surface area contributed by atoms with Gasteiger partial charge >= 0.3 is 5.97 Å². The number of aromatic nitrogens is 2. The van der Waals surface area contributed by atoms with Crippen molar-refractivity contribution in [2.24, 2.45) is 7.05 Å². The summed E-state index contributed by atoms with van der Waals surface area (Å²) in [6.07, 6.45) is 5.52. The second-order valence-electron chi connectivity index (χ2n) is 5.73. The third kappa shape index (κ3) is 2.82. The molecule has 6 nitrogen and oxygen atoms in total. The first-order valence-electron chi connectivity index (χ1n) is 7.74. The normalized spacial score (nSPS) is 25.8. The standard InChI is InChI=1S/C15H23N3O3/c1-3-20-15(19)11-9-16-17(2)13(11)10-18-7-8-21-14-6-4-5-12(14)18/h9,12,14H,3-8,10H2,1-2H3. The van der Waals surface area contributed by atoms with Crippen LogP contribution in [-0.2, 0) is 23.1 Å². The molecule has 2 heterocycles. The fourth-order valence-corrected chi connectivity index (χ4v) is 3.42. The third-order valence-corrected chi connectivity index (χ3v) is 4.51. The van der Waals surface area contributed by atoms with Crippen LogP contribution in [0.4, 0.5) is 0 Å². The summed E-state index contributed by atoms with van der Waals surface area (Å²) in [5, 5.41) is 4.23. The van der Waals surface area contributed by atoms with E-state index >= 15 is 0 Å². The zero-order valence-corrected chi connectivity index (χ0v) is 12.7. The smallest absolute Gasteiger partial charge is 0.341 e. The van der Waals surface area contributed by atoms with Crippen molar-refractivity contribution in [1.29, 1.82) is 0 Å². The molecule has 1 saturated carbocycles. The van der Waals surface area contributed by atoms with Crippen molar-refractivity contribution in [3.05, 3.63) is 17.5 Å². The van der Waals surface area contributed by atoms with Gasteiger partial charge in [0.05, 0.1) is 31.2 Å². The maximum absolute atomic E-state index is 12.0. The third-order valence-electron chi connectivity index (χ3n) is 4.51. The highest BCUT2D eigenvalue weighted by Gasteiger charge is 2.36. The first-order chi connectivity index (χ1) is 10.2. The molecule has 116 valence electrons. The number of rotatable bonds is 4. The molecular formula is C15H23N3O3. The number of carbonyl (C=O) groups is 1. The van der Waals surface area contributed by atoms with Crippen molar-refractivity contribution in [3.63, 3.8) is 0 Å². The van der Waals surface area contributed by atoms with E-state index in [0.717, 1.165) is 31.8 Å². The van der Waals surface area contributed by atoms with Gasteiger partial charge in [0.15, 0.2) is 0 Å². The Labute approximate surface area is 125 Å². The molecule has 1 aliphatic carbocycles. The van der Waals surface area contributed by atoms with Crippen LogP contribution in [0.1, 0.15) is 42.2 Å². The molecule has 6 heteroatoms. The molecule has 21 heavy (non-hydrogen) atoms. The molecule has 1 aromatic heterocycles. The number of esters is 1. The molecule has 0 spiro atoms. The van der Waals surface area contributed by atoms with Gasteiger partial charge in [0, 0.05) is 26.2 Å². The highest BCUT2D eigenvalue weighted by Crippen LogP contribution is 2.31. The van der Waals surface area contributed by atoms with Gasteiger partial charge in [-0.1, -0.05) is 0 Å². The highest BCUT2D eigenvalue weighted by atomic mass is 16.5. The van der Waals surface area contributed by atoms with E-state index in [2.05, 4.69) is 10.00 Å². The molecule has 2 atom stereocenters. The Balaban J connectivity index is 1.77. The summed E-state index contributed by atoms with van der Waals surface area (Å²) in [6, 6.07) is 0.476. The van der Waals surface area contributed by atoms with Crippen molar-refractivity contribution < 1.29 is 14.3 Å². The van der Waals surface area contributed by atoms with Crippen molar-refractivity contribution in [2.45, 2.75) is 44.9 Å². The predicted molar refractivity (Wildman–Crippen MR) is 77.0 cm³/mol. The molecule has 0 bridgehead atoms. The van der Waals surface area contributed by atoms with Crippen molar-refractivity contribution in [3.8, 4) is 0 Å². The number of fused-ring (bicyclic) bond motifs is 1. The second kappa shape index (κ2) is 6.15. The Morgan fingerprint density at radius 3 is 3.19 bits per heavy atom. The SMILES string of the molecule is CCOC(=O)c1cnn(C)c1CN1CCOC2CCCC21. The van der Waals surface area contributed by atoms with Crippen molar-refractivity contribution >= 4 is 5.97 Å². The number of aryl methyl sites for hydroxylation is 1. The van der Waals surface area contributed by atoms with Gasteiger partial charge in [0.1, 0.15) is 5.56 Å². The van der Waals surface area contributed by atoms with Crippen LogP contribution in [0, 0.1) is 0 Å². The van der Waals surface area contributed by atoms with Crippen LogP contribution in [0.25, 0.3) is 0 Å². The van der Waals surface area contributed by atoms with Crippen LogP contribution >= 0.6 is 0 Å². The van der Waals surface area contributed by atoms with Gasteiger partial charge in [-0.25, -0.2) is 4.79 Å². The van der Waals surface area contributed by atoms with Crippen molar-refractivity contribution in [2.75, 3.05) is 19.8 Å². The molecule has 1 saturated heterocycles. The summed E-state index contributed by atoms with van der Waals surface area (Å²) >= 11 is 0. The average molecular weight is 293 g/mol. The molecule has 0 radical (unpaired) electrons. The summed E-state index contributed by atoms with van der Waals surface area (Å²) in [7, 11) is 1.88. The van der Waals surface area contributed by atoms with E-state index in [0.29, 0.717) is 24.3 Å². The van der Waals surface area contributed by atoms with Gasteiger partial charge in [-0.15, -0.1) is 0 Å². The fourth-order valence-electron chi connectivity index (χ4n) is 3.42. The summed E-state index contributed by atoms with van der Waals surface area (Å²) < 4.78 is 12.7. The quantitative estimate of drug-likeness (QED) is 0.784. The Kier molecular flexibility index (Phi) is 4.26. The lowest BCUT2D eigenvalue weighted by Gasteiger charge is -2.37. The number of nitrogens with zero attached hydrogens (tertiary/aromatic N) is 3. The zero-order chi connectivity index (χ0) is 14.8. The van der Waals surface area contributed by atoms with E-state index in [9.17, 15) is 4.79 Å². The van der Waals surface area contributed by atoms with Crippen LogP contribution in [0.15, 0.2) is 6.20 Å². The monoisotopic (exact) mass is 293 g/mol. The van der Waals surface area contributed by atoms with Gasteiger partial charge in [-0.05, 0) is 26.2 Å². The number of morpholine rings is 1. The number of hydrogen-bond donors (Lipinski definition) is 0. The minimum Gasteiger partial charge on any atom is -0.462 e. The molecular weight excluding hydrogens is 270 g/mol. The lowest BCUT2D eigenvalue weighted by atomic mass is 10.1. The highest BCUT2D eigenvalue weighted by molar-refractivity contribution is 5.90. The van der Waals surface area contributed by atoms with E-state index in [1.165, 1.54) is 12.8 Å².